The Morgan fingerprint density at radius 1 is 1.17 bits per heavy atom. The van der Waals surface area contributed by atoms with E-state index < -0.39 is 0 Å². The fourth-order valence-corrected chi connectivity index (χ4v) is 5.50. The highest BCUT2D eigenvalue weighted by molar-refractivity contribution is 7.12. The number of nitrogens with two attached hydrogens (primary N) is 1. The van der Waals surface area contributed by atoms with Crippen LogP contribution in [0.25, 0.3) is 11.3 Å². The Morgan fingerprint density at radius 3 is 2.58 bits per heavy atom. The van der Waals surface area contributed by atoms with Gasteiger partial charge in [-0.15, -0.1) is 11.3 Å². The number of thiophene rings is 1. The van der Waals surface area contributed by atoms with Crippen LogP contribution in [0.1, 0.15) is 84.2 Å². The van der Waals surface area contributed by atoms with Crippen LogP contribution >= 0.6 is 11.3 Å². The van der Waals surface area contributed by atoms with Gasteiger partial charge in [0.25, 0.3) is 0 Å². The minimum absolute atomic E-state index is 0.472. The van der Waals surface area contributed by atoms with Crippen molar-refractivity contribution in [2.24, 2.45) is 10.7 Å². The lowest BCUT2D eigenvalue weighted by Crippen LogP contribution is -2.26. The molecule has 3 N–H and O–H groups in total. The molecule has 0 aliphatic rings. The van der Waals surface area contributed by atoms with E-state index in [9.17, 15) is 0 Å². The van der Waals surface area contributed by atoms with Gasteiger partial charge in [-0.05, 0) is 90.6 Å². The predicted octanol–water partition coefficient (Wildman–Crippen LogP) is 7.76. The molecule has 0 bridgehead atoms. The number of pyridine rings is 1. The first-order chi connectivity index (χ1) is 17.3. The Bertz CT molecular complexity index is 1250. The predicted molar refractivity (Wildman–Crippen MR) is 158 cm³/mol. The van der Waals surface area contributed by atoms with Crippen LogP contribution in [0.5, 0.6) is 0 Å². The summed E-state index contributed by atoms with van der Waals surface area (Å²) in [6, 6.07) is 10.5. The molecular weight excluding hydrogens is 460 g/mol. The molecule has 0 fully saturated rings. The molecule has 0 radical (unpaired) electrons. The Hall–Kier alpha value is -3.18. The first-order valence-corrected chi connectivity index (χ1v) is 13.7. The van der Waals surface area contributed by atoms with E-state index in [0.29, 0.717) is 5.92 Å². The molecule has 0 aliphatic carbocycles. The monoisotopic (exact) mass is 500 g/mol. The zero-order chi connectivity index (χ0) is 26.1. The Balaban J connectivity index is 1.97. The largest absolute Gasteiger partial charge is 0.404 e. The summed E-state index contributed by atoms with van der Waals surface area (Å²) >= 11 is 1.76. The second-order valence-corrected chi connectivity index (χ2v) is 10.5. The zero-order valence-electron chi connectivity index (χ0n) is 22.6. The SMILES string of the molecule is CCC/C=C(/N=C(/NCC/C(=C/N)c1ccccc1C)c1scc(C(C)C)c1C)c1cncc(C)c1. The van der Waals surface area contributed by atoms with Crippen LogP contribution in [-0.2, 0) is 0 Å². The van der Waals surface area contributed by atoms with Crippen molar-refractivity contribution in [1.82, 2.24) is 10.3 Å². The third kappa shape index (κ3) is 6.94. The molecular formula is C31H40N4S. The third-order valence-electron chi connectivity index (χ3n) is 6.32. The topological polar surface area (TPSA) is 63.3 Å². The third-order valence-corrected chi connectivity index (χ3v) is 7.43. The number of aryl methyl sites for hydroxylation is 2. The highest BCUT2D eigenvalue weighted by atomic mass is 32.1. The molecule has 0 unspecified atom stereocenters. The average molecular weight is 501 g/mol. The second-order valence-electron chi connectivity index (χ2n) is 9.57. The van der Waals surface area contributed by atoms with Gasteiger partial charge in [0.05, 0.1) is 10.6 Å². The van der Waals surface area contributed by atoms with Gasteiger partial charge in [-0.2, -0.15) is 0 Å². The number of unbranched alkanes of at least 4 members (excludes halogenated alkanes) is 1. The highest BCUT2D eigenvalue weighted by Crippen LogP contribution is 2.29. The maximum Gasteiger partial charge on any atom is 0.144 e. The van der Waals surface area contributed by atoms with E-state index in [1.54, 1.807) is 17.5 Å². The van der Waals surface area contributed by atoms with Crippen LogP contribution in [0.4, 0.5) is 0 Å². The number of amidine groups is 1. The summed E-state index contributed by atoms with van der Waals surface area (Å²) in [5.74, 6) is 1.38. The van der Waals surface area contributed by atoms with Crippen molar-refractivity contribution in [3.8, 4) is 0 Å². The van der Waals surface area contributed by atoms with Crippen LogP contribution in [0, 0.1) is 20.8 Å². The summed E-state index contributed by atoms with van der Waals surface area (Å²) in [5.41, 5.74) is 15.4. The van der Waals surface area contributed by atoms with Crippen molar-refractivity contribution in [2.75, 3.05) is 6.54 Å². The molecule has 1 aromatic carbocycles. The highest BCUT2D eigenvalue weighted by Gasteiger charge is 2.17. The average Bonchev–Trinajstić information content (AvgIpc) is 3.25. The van der Waals surface area contributed by atoms with Gasteiger partial charge in [-0.1, -0.05) is 57.5 Å². The van der Waals surface area contributed by atoms with Gasteiger partial charge >= 0.3 is 0 Å². The van der Waals surface area contributed by atoms with Crippen LogP contribution in [0.3, 0.4) is 0 Å². The number of nitrogens with zero attached hydrogens (tertiary/aromatic N) is 2. The molecule has 36 heavy (non-hydrogen) atoms. The van der Waals surface area contributed by atoms with Crippen molar-refractivity contribution in [3.05, 3.63) is 98.6 Å². The van der Waals surface area contributed by atoms with E-state index >= 15 is 0 Å². The van der Waals surface area contributed by atoms with Gasteiger partial charge in [0.1, 0.15) is 5.84 Å². The normalized spacial score (nSPS) is 12.9. The second kappa shape index (κ2) is 13.2. The van der Waals surface area contributed by atoms with Crippen LogP contribution < -0.4 is 11.1 Å². The lowest BCUT2D eigenvalue weighted by atomic mass is 9.99. The number of benzene rings is 1. The molecule has 5 heteroatoms. The van der Waals surface area contributed by atoms with Gasteiger partial charge in [-0.3, -0.25) is 4.98 Å². The van der Waals surface area contributed by atoms with Gasteiger partial charge in [0, 0.05) is 24.5 Å². The minimum Gasteiger partial charge on any atom is -0.404 e. The summed E-state index contributed by atoms with van der Waals surface area (Å²) in [6.07, 6.45) is 10.6. The summed E-state index contributed by atoms with van der Waals surface area (Å²) in [4.78, 5) is 10.8. The van der Waals surface area contributed by atoms with E-state index in [4.69, 9.17) is 10.7 Å². The minimum atomic E-state index is 0.472. The molecule has 4 nitrogen and oxygen atoms in total. The standard InChI is InChI=1S/C31H40N4S/c1-7-8-13-29(26-16-22(4)18-33-19-26)35-31(30-24(6)28(20-36-30)21(2)3)34-15-14-25(17-32)27-12-10-9-11-23(27)5/h9-13,16-21H,7-8,14-15,32H2,1-6H3,(H,34,35)/b25-17-,29-13+. The van der Waals surface area contributed by atoms with Gasteiger partial charge < -0.3 is 11.1 Å². The van der Waals surface area contributed by atoms with Crippen molar-refractivity contribution in [2.45, 2.75) is 66.7 Å². The molecule has 2 heterocycles. The Labute approximate surface area is 221 Å². The summed E-state index contributed by atoms with van der Waals surface area (Å²) in [6.45, 7) is 13.8. The molecule has 0 saturated carbocycles. The number of allylic oxidation sites excluding steroid dienone is 1. The zero-order valence-corrected chi connectivity index (χ0v) is 23.4. The molecule has 0 spiro atoms. The maximum atomic E-state index is 6.05. The number of aromatic nitrogens is 1. The molecule has 190 valence electrons. The number of hydrogen-bond donors (Lipinski definition) is 2. The quantitative estimate of drug-likeness (QED) is 0.221. The van der Waals surface area contributed by atoms with Crippen LogP contribution in [0.15, 0.2) is 65.4 Å². The molecule has 2 aromatic heterocycles. The van der Waals surface area contributed by atoms with E-state index in [2.05, 4.69) is 93.6 Å². The molecule has 0 amide bonds. The summed E-state index contributed by atoms with van der Waals surface area (Å²) in [7, 11) is 0. The molecule has 3 rings (SSSR count). The molecule has 0 saturated heterocycles. The van der Waals surface area contributed by atoms with Crippen molar-refractivity contribution >= 4 is 28.4 Å². The fourth-order valence-electron chi connectivity index (χ4n) is 4.28. The van der Waals surface area contributed by atoms with Gasteiger partial charge in [-0.25, -0.2) is 4.99 Å². The Kier molecular flexibility index (Phi) is 10.1. The van der Waals surface area contributed by atoms with Gasteiger partial charge in [0.2, 0.25) is 0 Å². The lowest BCUT2D eigenvalue weighted by molar-refractivity contribution is 0.861. The van der Waals surface area contributed by atoms with E-state index in [0.717, 1.165) is 54.0 Å². The number of hydrogen-bond acceptors (Lipinski definition) is 4. The molecule has 3 aromatic rings. The number of nitrogens with one attached hydrogen (secondary N) is 1. The van der Waals surface area contributed by atoms with Gasteiger partial charge in [0.15, 0.2) is 0 Å². The number of rotatable bonds is 10. The number of aliphatic imine (C=N–C) groups is 1. The van der Waals surface area contributed by atoms with Crippen LogP contribution in [0.2, 0.25) is 0 Å². The lowest BCUT2D eigenvalue weighted by Gasteiger charge is -2.15. The van der Waals surface area contributed by atoms with Crippen molar-refractivity contribution in [1.29, 1.82) is 0 Å². The first kappa shape index (κ1) is 27.4. The van der Waals surface area contributed by atoms with Crippen LogP contribution in [-0.4, -0.2) is 17.4 Å². The molecule has 0 aliphatic heterocycles. The summed E-state index contributed by atoms with van der Waals surface area (Å²) < 4.78 is 0. The van der Waals surface area contributed by atoms with Crippen molar-refractivity contribution in [3.63, 3.8) is 0 Å². The fraction of sp³-hybridized carbons (Fsp3) is 0.355. The Morgan fingerprint density at radius 2 is 1.94 bits per heavy atom. The first-order valence-electron chi connectivity index (χ1n) is 12.9. The maximum absolute atomic E-state index is 6.05. The van der Waals surface area contributed by atoms with E-state index in [1.165, 1.54) is 27.1 Å². The van der Waals surface area contributed by atoms with E-state index in [-0.39, 0.29) is 0 Å². The van der Waals surface area contributed by atoms with Crippen molar-refractivity contribution < 1.29 is 0 Å². The summed E-state index contributed by atoms with van der Waals surface area (Å²) in [5, 5.41) is 5.95. The smallest absolute Gasteiger partial charge is 0.144 e. The van der Waals surface area contributed by atoms with E-state index in [1.807, 2.05) is 12.4 Å². The molecule has 0 atom stereocenters.